The fourth-order valence-electron chi connectivity index (χ4n) is 3.79. The molecule has 1 atom stereocenters. The summed E-state index contributed by atoms with van der Waals surface area (Å²) < 4.78 is 1.84. The zero-order valence-corrected chi connectivity index (χ0v) is 16.7. The standard InChI is InChI=1S/C22H30N4O2/c1-2-24(16-17-26-15-7-13-23-26)22(28)20-11-12-21(27)25(18-20)14-6-10-19-8-4-3-5-9-19/h3-5,7-9,13,15,20H,2,6,10-12,14,16-18H2,1H3/t20-/m0/s1. The van der Waals surface area contributed by atoms with Gasteiger partial charge in [-0.05, 0) is 37.8 Å². The number of benzene rings is 1. The highest BCUT2D eigenvalue weighted by atomic mass is 16.2. The van der Waals surface area contributed by atoms with Gasteiger partial charge >= 0.3 is 0 Å². The van der Waals surface area contributed by atoms with Gasteiger partial charge in [0.25, 0.3) is 0 Å². The number of nitrogens with zero attached hydrogens (tertiary/aromatic N) is 4. The number of amides is 2. The van der Waals surface area contributed by atoms with Gasteiger partial charge in [0.15, 0.2) is 0 Å². The van der Waals surface area contributed by atoms with Gasteiger partial charge in [-0.15, -0.1) is 0 Å². The van der Waals surface area contributed by atoms with Crippen LogP contribution >= 0.6 is 0 Å². The second-order valence-corrected chi connectivity index (χ2v) is 7.35. The predicted octanol–water partition coefficient (Wildman–Crippen LogP) is 2.60. The number of hydrogen-bond donors (Lipinski definition) is 0. The van der Waals surface area contributed by atoms with E-state index < -0.39 is 0 Å². The van der Waals surface area contributed by atoms with E-state index in [1.54, 1.807) is 6.20 Å². The highest BCUT2D eigenvalue weighted by molar-refractivity contribution is 5.83. The molecule has 0 bridgehead atoms. The van der Waals surface area contributed by atoms with Crippen molar-refractivity contribution in [2.45, 2.75) is 39.2 Å². The molecule has 0 saturated carbocycles. The number of likely N-dealkylation sites (N-methyl/N-ethyl adjacent to an activating group) is 1. The van der Waals surface area contributed by atoms with E-state index in [-0.39, 0.29) is 17.7 Å². The summed E-state index contributed by atoms with van der Waals surface area (Å²) in [6, 6.07) is 12.2. The molecule has 0 radical (unpaired) electrons. The first-order valence-electron chi connectivity index (χ1n) is 10.2. The van der Waals surface area contributed by atoms with Crippen LogP contribution in [0, 0.1) is 5.92 Å². The highest BCUT2D eigenvalue weighted by Gasteiger charge is 2.32. The number of carbonyl (C=O) groups is 2. The summed E-state index contributed by atoms with van der Waals surface area (Å²) in [6.07, 6.45) is 6.66. The predicted molar refractivity (Wildman–Crippen MR) is 109 cm³/mol. The molecule has 1 aliphatic rings. The minimum absolute atomic E-state index is 0.0907. The fourth-order valence-corrected chi connectivity index (χ4v) is 3.79. The Kier molecular flexibility index (Phi) is 7.23. The van der Waals surface area contributed by atoms with E-state index in [9.17, 15) is 9.59 Å². The summed E-state index contributed by atoms with van der Waals surface area (Å²) in [5.41, 5.74) is 1.29. The molecular weight excluding hydrogens is 352 g/mol. The summed E-state index contributed by atoms with van der Waals surface area (Å²) in [4.78, 5) is 29.1. The quantitative estimate of drug-likeness (QED) is 0.670. The Morgan fingerprint density at radius 2 is 2.04 bits per heavy atom. The third kappa shape index (κ3) is 5.44. The van der Waals surface area contributed by atoms with E-state index in [0.717, 1.165) is 19.4 Å². The van der Waals surface area contributed by atoms with Crippen molar-refractivity contribution in [2.24, 2.45) is 5.92 Å². The maximum Gasteiger partial charge on any atom is 0.227 e. The van der Waals surface area contributed by atoms with Crippen LogP contribution in [0.3, 0.4) is 0 Å². The molecule has 1 fully saturated rings. The van der Waals surface area contributed by atoms with Crippen LogP contribution in [-0.2, 0) is 22.6 Å². The number of likely N-dealkylation sites (tertiary alicyclic amines) is 1. The largest absolute Gasteiger partial charge is 0.342 e. The first-order chi connectivity index (χ1) is 13.7. The molecule has 1 aliphatic heterocycles. The molecule has 2 aromatic rings. The van der Waals surface area contributed by atoms with Crippen molar-refractivity contribution >= 4 is 11.8 Å². The molecule has 0 N–H and O–H groups in total. The van der Waals surface area contributed by atoms with Crippen molar-refractivity contribution in [3.8, 4) is 0 Å². The van der Waals surface area contributed by atoms with Crippen LogP contribution in [0.25, 0.3) is 0 Å². The number of rotatable bonds is 9. The van der Waals surface area contributed by atoms with Crippen LogP contribution in [-0.4, -0.2) is 57.6 Å². The van der Waals surface area contributed by atoms with Gasteiger partial charge in [-0.1, -0.05) is 30.3 Å². The van der Waals surface area contributed by atoms with Crippen LogP contribution in [0.5, 0.6) is 0 Å². The minimum Gasteiger partial charge on any atom is -0.342 e. The molecule has 0 aliphatic carbocycles. The van der Waals surface area contributed by atoms with Crippen molar-refractivity contribution in [1.29, 1.82) is 0 Å². The smallest absolute Gasteiger partial charge is 0.227 e. The van der Waals surface area contributed by atoms with Gasteiger partial charge in [0.2, 0.25) is 11.8 Å². The zero-order chi connectivity index (χ0) is 19.8. The van der Waals surface area contributed by atoms with E-state index >= 15 is 0 Å². The lowest BCUT2D eigenvalue weighted by atomic mass is 9.95. The van der Waals surface area contributed by atoms with Gasteiger partial charge in [-0.25, -0.2) is 0 Å². The Morgan fingerprint density at radius 1 is 1.21 bits per heavy atom. The van der Waals surface area contributed by atoms with Crippen molar-refractivity contribution in [2.75, 3.05) is 26.2 Å². The Balaban J connectivity index is 1.50. The van der Waals surface area contributed by atoms with Crippen molar-refractivity contribution in [1.82, 2.24) is 19.6 Å². The third-order valence-electron chi connectivity index (χ3n) is 5.44. The first kappa shape index (κ1) is 20.1. The van der Waals surface area contributed by atoms with Gasteiger partial charge in [0.1, 0.15) is 0 Å². The average molecular weight is 383 g/mol. The molecular formula is C22H30N4O2. The number of aryl methyl sites for hydroxylation is 1. The lowest BCUT2D eigenvalue weighted by molar-refractivity contribution is -0.143. The van der Waals surface area contributed by atoms with Gasteiger partial charge in [-0.3, -0.25) is 14.3 Å². The van der Waals surface area contributed by atoms with E-state index in [4.69, 9.17) is 0 Å². The minimum atomic E-state index is -0.0907. The molecule has 3 rings (SSSR count). The Bertz CT molecular complexity index is 745. The third-order valence-corrected chi connectivity index (χ3v) is 5.44. The van der Waals surface area contributed by atoms with E-state index in [0.29, 0.717) is 39.0 Å². The van der Waals surface area contributed by atoms with E-state index in [1.165, 1.54) is 5.56 Å². The summed E-state index contributed by atoms with van der Waals surface area (Å²) in [5.74, 6) is 0.249. The summed E-state index contributed by atoms with van der Waals surface area (Å²) >= 11 is 0. The molecule has 1 aromatic carbocycles. The molecule has 28 heavy (non-hydrogen) atoms. The van der Waals surface area contributed by atoms with Gasteiger partial charge in [-0.2, -0.15) is 5.10 Å². The zero-order valence-electron chi connectivity index (χ0n) is 16.7. The molecule has 0 spiro atoms. The van der Waals surface area contributed by atoms with Crippen LogP contribution in [0.15, 0.2) is 48.8 Å². The summed E-state index contributed by atoms with van der Waals surface area (Å²) in [6.45, 7) is 5.29. The number of aromatic nitrogens is 2. The average Bonchev–Trinajstić information content (AvgIpc) is 3.24. The Morgan fingerprint density at radius 3 is 2.75 bits per heavy atom. The Hall–Kier alpha value is -2.63. The fraction of sp³-hybridized carbons (Fsp3) is 0.500. The van der Waals surface area contributed by atoms with E-state index in [2.05, 4.69) is 17.2 Å². The lowest BCUT2D eigenvalue weighted by Gasteiger charge is -2.34. The van der Waals surface area contributed by atoms with Crippen molar-refractivity contribution in [3.63, 3.8) is 0 Å². The van der Waals surface area contributed by atoms with E-state index in [1.807, 2.05) is 51.9 Å². The van der Waals surface area contributed by atoms with Crippen molar-refractivity contribution in [3.05, 3.63) is 54.4 Å². The maximum atomic E-state index is 13.0. The topological polar surface area (TPSA) is 58.4 Å². The first-order valence-corrected chi connectivity index (χ1v) is 10.2. The van der Waals surface area contributed by atoms with Gasteiger partial charge in [0.05, 0.1) is 12.5 Å². The van der Waals surface area contributed by atoms with Crippen LogP contribution < -0.4 is 0 Å². The normalized spacial score (nSPS) is 17.0. The van der Waals surface area contributed by atoms with Crippen LogP contribution in [0.4, 0.5) is 0 Å². The monoisotopic (exact) mass is 382 g/mol. The van der Waals surface area contributed by atoms with Crippen LogP contribution in [0.2, 0.25) is 0 Å². The molecule has 0 unspecified atom stereocenters. The molecule has 2 heterocycles. The number of carbonyl (C=O) groups excluding carboxylic acids is 2. The molecule has 150 valence electrons. The molecule has 2 amide bonds. The second-order valence-electron chi connectivity index (χ2n) is 7.35. The SMILES string of the molecule is CCN(CCn1cccn1)C(=O)[C@H]1CCC(=O)N(CCCc2ccccc2)C1. The summed E-state index contributed by atoms with van der Waals surface area (Å²) in [7, 11) is 0. The van der Waals surface area contributed by atoms with Crippen LogP contribution in [0.1, 0.15) is 31.7 Å². The van der Waals surface area contributed by atoms with Gasteiger partial charge in [0, 0.05) is 45.0 Å². The number of hydrogen-bond acceptors (Lipinski definition) is 3. The number of piperidine rings is 1. The summed E-state index contributed by atoms with van der Waals surface area (Å²) in [5, 5.41) is 4.20. The maximum absolute atomic E-state index is 13.0. The Labute approximate surface area is 167 Å². The highest BCUT2D eigenvalue weighted by Crippen LogP contribution is 2.20. The molecule has 6 nitrogen and oxygen atoms in total. The second kappa shape index (κ2) is 10.1. The van der Waals surface area contributed by atoms with Gasteiger partial charge < -0.3 is 9.80 Å². The molecule has 1 saturated heterocycles. The molecule has 6 heteroatoms. The molecule has 1 aromatic heterocycles. The lowest BCUT2D eigenvalue weighted by Crippen LogP contribution is -2.47. The van der Waals surface area contributed by atoms with Crippen molar-refractivity contribution < 1.29 is 9.59 Å².